The van der Waals surface area contributed by atoms with Crippen LogP contribution in [0.25, 0.3) is 0 Å². The molecule has 0 aromatic heterocycles. The second kappa shape index (κ2) is 14.4. The van der Waals surface area contributed by atoms with Gasteiger partial charge in [-0.3, -0.25) is 4.79 Å². The molecule has 8 fully saturated rings. The number of carbonyl (C=O) groups is 1. The lowest BCUT2D eigenvalue weighted by Crippen LogP contribution is -2.65. The van der Waals surface area contributed by atoms with Gasteiger partial charge in [0.15, 0.2) is 24.2 Å². The number of aliphatic hydroxyl groups is 8. The predicted molar refractivity (Wildman–Crippen MR) is 185 cm³/mol. The van der Waals surface area contributed by atoms with Crippen molar-refractivity contribution in [2.45, 2.75) is 165 Å². The van der Waals surface area contributed by atoms with Crippen molar-refractivity contribution in [1.82, 2.24) is 0 Å². The van der Waals surface area contributed by atoms with Crippen LogP contribution in [0.4, 0.5) is 0 Å². The summed E-state index contributed by atoms with van der Waals surface area (Å²) < 4.78 is 36.6. The molecule has 308 valence electrons. The first-order valence-corrected chi connectivity index (χ1v) is 20.4. The van der Waals surface area contributed by atoms with Crippen molar-refractivity contribution >= 4 is 5.78 Å². The van der Waals surface area contributed by atoms with Gasteiger partial charge in [0.25, 0.3) is 0 Å². The van der Waals surface area contributed by atoms with Crippen molar-refractivity contribution in [3.63, 3.8) is 0 Å². The minimum atomic E-state index is -1.75. The highest BCUT2D eigenvalue weighted by atomic mass is 16.7. The summed E-state index contributed by atoms with van der Waals surface area (Å²) in [4.78, 5) is 14.6. The van der Waals surface area contributed by atoms with Crippen molar-refractivity contribution in [1.29, 1.82) is 0 Å². The number of carbonyl (C=O) groups excluding carboxylic acids is 1. The maximum absolute atomic E-state index is 14.6. The number of rotatable bonds is 6. The number of ether oxygens (including phenoxy) is 6. The highest BCUT2D eigenvalue weighted by Gasteiger charge is 2.73. The van der Waals surface area contributed by atoms with Crippen molar-refractivity contribution in [3.8, 4) is 0 Å². The van der Waals surface area contributed by atoms with E-state index in [1.54, 1.807) is 0 Å². The molecule has 8 N–H and O–H groups in total. The predicted octanol–water partition coefficient (Wildman–Crippen LogP) is -0.408. The highest BCUT2D eigenvalue weighted by Crippen LogP contribution is 2.70. The van der Waals surface area contributed by atoms with Crippen LogP contribution in [-0.2, 0) is 33.2 Å². The van der Waals surface area contributed by atoms with Gasteiger partial charge in [-0.25, -0.2) is 0 Å². The minimum absolute atomic E-state index is 0.0349. The van der Waals surface area contributed by atoms with Crippen LogP contribution in [0.3, 0.4) is 0 Å². The summed E-state index contributed by atoms with van der Waals surface area (Å²) in [7, 11) is 0. The van der Waals surface area contributed by atoms with Crippen molar-refractivity contribution < 1.29 is 74.1 Å². The zero-order valence-corrected chi connectivity index (χ0v) is 31.8. The van der Waals surface area contributed by atoms with Gasteiger partial charge in [-0.05, 0) is 74.0 Å². The molecule has 0 radical (unpaired) electrons. The molecule has 0 aromatic rings. The molecule has 15 nitrogen and oxygen atoms in total. The van der Waals surface area contributed by atoms with E-state index in [0.29, 0.717) is 31.8 Å². The van der Waals surface area contributed by atoms with E-state index in [2.05, 4.69) is 27.7 Å². The zero-order valence-electron chi connectivity index (χ0n) is 31.8. The first-order chi connectivity index (χ1) is 25.6. The Bertz CT molecular complexity index is 1370. The fourth-order valence-corrected chi connectivity index (χ4v) is 13.0. The zero-order chi connectivity index (χ0) is 38.6. The van der Waals surface area contributed by atoms with Crippen molar-refractivity contribution in [2.24, 2.45) is 52.3 Å². The fourth-order valence-electron chi connectivity index (χ4n) is 13.0. The van der Waals surface area contributed by atoms with E-state index in [1.807, 2.05) is 0 Å². The molecule has 4 saturated heterocycles. The molecule has 8 rings (SSSR count). The molecule has 15 heteroatoms. The van der Waals surface area contributed by atoms with Crippen LogP contribution >= 0.6 is 0 Å². The Morgan fingerprint density at radius 2 is 1.46 bits per heavy atom. The monoisotopic (exact) mass is 770 g/mol. The number of Topliss-reactive ketones (excluding diaryl/α,β-unsaturated/α-hetero) is 1. The summed E-state index contributed by atoms with van der Waals surface area (Å²) in [5.41, 5.74) is -0.954. The summed E-state index contributed by atoms with van der Waals surface area (Å²) in [5, 5.41) is 84.8. The summed E-state index contributed by atoms with van der Waals surface area (Å²) >= 11 is 0. The van der Waals surface area contributed by atoms with Crippen LogP contribution in [-0.4, -0.2) is 152 Å². The Labute approximate surface area is 316 Å². The summed E-state index contributed by atoms with van der Waals surface area (Å²) in [6, 6.07) is 0. The van der Waals surface area contributed by atoms with Gasteiger partial charge in [0.2, 0.25) is 0 Å². The van der Waals surface area contributed by atoms with Gasteiger partial charge in [-0.2, -0.15) is 0 Å². The lowest BCUT2D eigenvalue weighted by atomic mass is 9.43. The Balaban J connectivity index is 0.926. The molecular formula is C39H62O15. The molecule has 0 bridgehead atoms. The lowest BCUT2D eigenvalue weighted by molar-refractivity contribution is -0.364. The van der Waals surface area contributed by atoms with E-state index in [0.717, 1.165) is 32.1 Å². The van der Waals surface area contributed by atoms with Gasteiger partial charge >= 0.3 is 0 Å². The smallest absolute Gasteiger partial charge is 0.187 e. The molecule has 54 heavy (non-hydrogen) atoms. The maximum atomic E-state index is 14.6. The fraction of sp³-hybridized carbons (Fsp3) is 0.974. The second-order valence-corrected chi connectivity index (χ2v) is 18.7. The van der Waals surface area contributed by atoms with Gasteiger partial charge in [0, 0.05) is 29.6 Å². The van der Waals surface area contributed by atoms with Crippen molar-refractivity contribution in [3.05, 3.63) is 0 Å². The molecule has 4 heterocycles. The molecule has 1 spiro atoms. The van der Waals surface area contributed by atoms with Gasteiger partial charge in [-0.15, -0.1) is 0 Å². The lowest BCUT2D eigenvalue weighted by Gasteiger charge is -2.61. The number of ketones is 1. The molecule has 4 saturated carbocycles. The SMILES string of the molecule is C[C@@H]1CC[C@@]2(OC1)O[C@H]1C[C@H]3[C@@H]4CC[C@H]5C[C@@H](O[C@H]6O[C@@H](CO)[C@H](O[C@@H]7O[C@@H](CO)[C@@H](O)[C@@H](O)[C@@H]7O)[C@@H](O)[C@@H]6O)CC[C@]5(C)[C@@H]4C(=O)[C@@H](O)[C@]3(C)[C@H]1[C@@H]2C. The van der Waals surface area contributed by atoms with Crippen molar-refractivity contribution in [2.75, 3.05) is 19.8 Å². The van der Waals surface area contributed by atoms with Crippen LogP contribution in [0.5, 0.6) is 0 Å². The number of fused-ring (bicyclic) bond motifs is 7. The van der Waals surface area contributed by atoms with Crippen LogP contribution < -0.4 is 0 Å². The molecule has 4 aliphatic carbocycles. The van der Waals surface area contributed by atoms with Crippen LogP contribution in [0.15, 0.2) is 0 Å². The normalized spacial score (nSPS) is 58.7. The first-order valence-electron chi connectivity index (χ1n) is 20.4. The Hall–Kier alpha value is -0.890. The Kier molecular flexibility index (Phi) is 10.7. The van der Waals surface area contributed by atoms with Crippen LogP contribution in [0, 0.1) is 52.3 Å². The van der Waals surface area contributed by atoms with E-state index in [4.69, 9.17) is 28.4 Å². The third kappa shape index (κ3) is 5.93. The summed E-state index contributed by atoms with van der Waals surface area (Å²) in [6.07, 6.45) is -10.5. The highest BCUT2D eigenvalue weighted by molar-refractivity contribution is 5.88. The third-order valence-corrected chi connectivity index (χ3v) is 16.0. The Morgan fingerprint density at radius 3 is 2.15 bits per heavy atom. The van der Waals surface area contributed by atoms with E-state index in [9.17, 15) is 45.6 Å². The van der Waals surface area contributed by atoms with Gasteiger partial charge in [0.05, 0.1) is 32.0 Å². The van der Waals surface area contributed by atoms with Gasteiger partial charge in [-0.1, -0.05) is 27.7 Å². The van der Waals surface area contributed by atoms with Gasteiger partial charge < -0.3 is 69.3 Å². The maximum Gasteiger partial charge on any atom is 0.187 e. The van der Waals surface area contributed by atoms with E-state index >= 15 is 0 Å². The largest absolute Gasteiger partial charge is 0.394 e. The van der Waals surface area contributed by atoms with Gasteiger partial charge in [0.1, 0.15) is 54.9 Å². The topological polar surface area (TPSA) is 234 Å². The molecule has 0 amide bonds. The Morgan fingerprint density at radius 1 is 0.778 bits per heavy atom. The number of aliphatic hydroxyl groups excluding tert-OH is 8. The third-order valence-electron chi connectivity index (χ3n) is 16.0. The van der Waals surface area contributed by atoms with Crippen LogP contribution in [0.1, 0.15) is 79.1 Å². The first kappa shape index (κ1) is 39.9. The second-order valence-electron chi connectivity index (χ2n) is 18.7. The molecule has 4 aliphatic heterocycles. The summed E-state index contributed by atoms with van der Waals surface area (Å²) in [6.45, 7) is 8.04. The average Bonchev–Trinajstić information content (AvgIpc) is 3.60. The summed E-state index contributed by atoms with van der Waals surface area (Å²) in [5.74, 6) is -0.0000467. The standard InChI is InChI=1S/C39H62O15/c1-16-7-10-39(49-15-16)17(2)25-22(54-39)12-21-20-6-5-18-11-19(8-9-37(18,3)26(20)28(43)34(48)38(21,25)4)50-35-32(47)30(45)33(24(14-41)52-35)53-36-31(46)29(44)27(42)23(13-40)51-36/h16-27,29-36,40-42,44-48H,5-15H2,1-4H3/t16-,17+,18+,19+,20+,21+,22+,23+,24+,25+,26+,27-,29-,30+,31+,32+,33+,34-,35+,36+,37+,38+,39-/m1/s1. The number of hydrogen-bond donors (Lipinski definition) is 8. The van der Waals surface area contributed by atoms with E-state index < -0.39 is 91.9 Å². The molecule has 0 unspecified atom stereocenters. The van der Waals surface area contributed by atoms with E-state index in [-0.39, 0.29) is 58.9 Å². The minimum Gasteiger partial charge on any atom is -0.394 e. The molecular weight excluding hydrogens is 708 g/mol. The quantitative estimate of drug-likeness (QED) is 0.161. The van der Waals surface area contributed by atoms with E-state index in [1.165, 1.54) is 0 Å². The molecule has 0 aromatic carbocycles. The molecule has 8 aliphatic rings. The van der Waals surface area contributed by atoms with Crippen LogP contribution in [0.2, 0.25) is 0 Å². The molecule has 23 atom stereocenters. The number of hydrogen-bond acceptors (Lipinski definition) is 15. The average molecular weight is 771 g/mol.